The number of hydrogen-bond acceptors (Lipinski definition) is 2. The molecule has 2 aromatic carbocycles. The molecule has 0 fully saturated rings. The van der Waals surface area contributed by atoms with E-state index in [-0.39, 0.29) is 5.91 Å². The number of carbonyl (C=O) groups is 1. The van der Waals surface area contributed by atoms with Gasteiger partial charge in [-0.15, -0.1) is 0 Å². The maximum absolute atomic E-state index is 12.2. The van der Waals surface area contributed by atoms with Gasteiger partial charge in [-0.05, 0) is 24.6 Å². The summed E-state index contributed by atoms with van der Waals surface area (Å²) >= 11 is 0. The number of rotatable bonds is 2. The van der Waals surface area contributed by atoms with E-state index in [9.17, 15) is 4.79 Å². The number of nitrogens with zero attached hydrogens (tertiary/aromatic N) is 1. The number of fused-ring (bicyclic) bond motifs is 1. The molecule has 1 heterocycles. The van der Waals surface area contributed by atoms with Crippen molar-refractivity contribution in [2.24, 2.45) is 0 Å². The SMILES string of the molecule is Cc1ccc(C(=O)NN2Cc3ccccc3C2=N)cc1. The van der Waals surface area contributed by atoms with Crippen molar-refractivity contribution in [2.45, 2.75) is 13.5 Å². The van der Waals surface area contributed by atoms with Crippen LogP contribution in [0.2, 0.25) is 0 Å². The Kier molecular flexibility index (Phi) is 2.99. The van der Waals surface area contributed by atoms with E-state index in [1.54, 1.807) is 17.1 Å². The number of carbonyl (C=O) groups excluding carboxylic acids is 1. The molecule has 1 aliphatic heterocycles. The minimum Gasteiger partial charge on any atom is -0.283 e. The molecule has 1 amide bonds. The van der Waals surface area contributed by atoms with Gasteiger partial charge in [-0.2, -0.15) is 0 Å². The van der Waals surface area contributed by atoms with Gasteiger partial charge >= 0.3 is 0 Å². The van der Waals surface area contributed by atoms with Gasteiger partial charge in [0.05, 0.1) is 6.54 Å². The van der Waals surface area contributed by atoms with Crippen LogP contribution in [0.15, 0.2) is 48.5 Å². The molecular weight excluding hydrogens is 250 g/mol. The topological polar surface area (TPSA) is 56.2 Å². The minimum absolute atomic E-state index is 0.192. The van der Waals surface area contributed by atoms with E-state index in [4.69, 9.17) is 5.41 Å². The molecule has 0 saturated heterocycles. The molecule has 0 radical (unpaired) electrons. The van der Waals surface area contributed by atoms with Crippen molar-refractivity contribution < 1.29 is 4.79 Å². The molecule has 20 heavy (non-hydrogen) atoms. The number of amides is 1. The van der Waals surface area contributed by atoms with Gasteiger partial charge in [0.2, 0.25) is 0 Å². The normalized spacial score (nSPS) is 13.2. The molecule has 4 heteroatoms. The van der Waals surface area contributed by atoms with E-state index in [0.29, 0.717) is 17.9 Å². The van der Waals surface area contributed by atoms with Gasteiger partial charge in [-0.25, -0.2) is 0 Å². The summed E-state index contributed by atoms with van der Waals surface area (Å²) in [7, 11) is 0. The van der Waals surface area contributed by atoms with Gasteiger partial charge in [0.15, 0.2) is 0 Å². The van der Waals surface area contributed by atoms with Crippen LogP contribution in [-0.4, -0.2) is 16.8 Å². The Labute approximate surface area is 117 Å². The number of hydrazine groups is 1. The number of nitrogens with one attached hydrogen (secondary N) is 2. The molecule has 0 aliphatic carbocycles. The van der Waals surface area contributed by atoms with Crippen molar-refractivity contribution in [1.29, 1.82) is 5.41 Å². The van der Waals surface area contributed by atoms with E-state index in [1.807, 2.05) is 43.3 Å². The second-order valence-electron chi connectivity index (χ2n) is 4.90. The van der Waals surface area contributed by atoms with Crippen LogP contribution in [0.1, 0.15) is 27.0 Å². The van der Waals surface area contributed by atoms with Crippen LogP contribution in [0.5, 0.6) is 0 Å². The molecule has 2 aromatic rings. The first kappa shape index (κ1) is 12.4. The second kappa shape index (κ2) is 4.81. The Balaban J connectivity index is 1.75. The zero-order valence-electron chi connectivity index (χ0n) is 11.2. The van der Waals surface area contributed by atoms with Gasteiger partial charge in [0.1, 0.15) is 5.84 Å². The third kappa shape index (κ3) is 2.16. The first-order valence-corrected chi connectivity index (χ1v) is 6.47. The molecular formula is C16H15N3O. The Morgan fingerprint density at radius 1 is 1.15 bits per heavy atom. The van der Waals surface area contributed by atoms with E-state index < -0.39 is 0 Å². The lowest BCUT2D eigenvalue weighted by Gasteiger charge is -2.19. The predicted molar refractivity (Wildman–Crippen MR) is 77.5 cm³/mol. The molecule has 4 nitrogen and oxygen atoms in total. The molecule has 0 spiro atoms. The third-order valence-electron chi connectivity index (χ3n) is 3.42. The lowest BCUT2D eigenvalue weighted by molar-refractivity contribution is 0.0869. The van der Waals surface area contributed by atoms with E-state index in [2.05, 4.69) is 5.43 Å². The maximum atomic E-state index is 12.2. The second-order valence-corrected chi connectivity index (χ2v) is 4.90. The molecule has 2 N–H and O–H groups in total. The minimum atomic E-state index is -0.192. The fraction of sp³-hybridized carbons (Fsp3) is 0.125. The molecule has 100 valence electrons. The Hall–Kier alpha value is -2.62. The van der Waals surface area contributed by atoms with Crippen molar-refractivity contribution in [1.82, 2.24) is 10.4 Å². The van der Waals surface area contributed by atoms with E-state index >= 15 is 0 Å². The Bertz CT molecular complexity index is 676. The molecule has 0 bridgehead atoms. The van der Waals surface area contributed by atoms with Gasteiger partial charge in [-0.3, -0.25) is 20.6 Å². The summed E-state index contributed by atoms with van der Waals surface area (Å²) in [5.41, 5.74) is 6.42. The van der Waals surface area contributed by atoms with E-state index in [1.165, 1.54) is 0 Å². The summed E-state index contributed by atoms with van der Waals surface area (Å²) in [4.78, 5) is 12.2. The summed E-state index contributed by atoms with van der Waals surface area (Å²) in [6, 6.07) is 15.1. The molecule has 0 atom stereocenters. The standard InChI is InChI=1S/C16H15N3O/c1-11-6-8-12(9-7-11)16(20)18-19-10-13-4-2-3-5-14(13)15(19)17/h2-9,17H,10H2,1H3,(H,18,20). The summed E-state index contributed by atoms with van der Waals surface area (Å²) in [5, 5.41) is 9.67. The fourth-order valence-electron chi connectivity index (χ4n) is 2.27. The Morgan fingerprint density at radius 2 is 1.85 bits per heavy atom. The summed E-state index contributed by atoms with van der Waals surface area (Å²) < 4.78 is 0. The summed E-state index contributed by atoms with van der Waals surface area (Å²) in [6.45, 7) is 2.51. The lowest BCUT2D eigenvalue weighted by atomic mass is 10.1. The van der Waals surface area contributed by atoms with Crippen LogP contribution < -0.4 is 5.43 Å². The highest BCUT2D eigenvalue weighted by molar-refractivity contribution is 6.02. The number of aryl methyl sites for hydroxylation is 1. The number of amidine groups is 1. The third-order valence-corrected chi connectivity index (χ3v) is 3.42. The molecule has 0 aromatic heterocycles. The predicted octanol–water partition coefficient (Wildman–Crippen LogP) is 2.48. The molecule has 0 unspecified atom stereocenters. The van der Waals surface area contributed by atoms with Gasteiger partial charge < -0.3 is 0 Å². The van der Waals surface area contributed by atoms with Crippen LogP contribution in [0, 0.1) is 12.3 Å². The molecule has 1 aliphatic rings. The molecule has 3 rings (SSSR count). The molecule has 0 saturated carbocycles. The van der Waals surface area contributed by atoms with Crippen molar-refractivity contribution in [2.75, 3.05) is 0 Å². The largest absolute Gasteiger partial charge is 0.283 e. The van der Waals surface area contributed by atoms with Crippen LogP contribution in [0.3, 0.4) is 0 Å². The van der Waals surface area contributed by atoms with Gasteiger partial charge in [0.25, 0.3) is 5.91 Å². The first-order valence-electron chi connectivity index (χ1n) is 6.47. The first-order chi connectivity index (χ1) is 9.65. The summed E-state index contributed by atoms with van der Waals surface area (Å²) in [6.07, 6.45) is 0. The van der Waals surface area contributed by atoms with Crippen LogP contribution in [0.25, 0.3) is 0 Å². The van der Waals surface area contributed by atoms with Crippen molar-refractivity contribution in [3.63, 3.8) is 0 Å². The van der Waals surface area contributed by atoms with Crippen molar-refractivity contribution >= 4 is 11.7 Å². The average molecular weight is 265 g/mol. The quantitative estimate of drug-likeness (QED) is 0.876. The number of hydrogen-bond donors (Lipinski definition) is 2. The monoisotopic (exact) mass is 265 g/mol. The van der Waals surface area contributed by atoms with Crippen LogP contribution in [0.4, 0.5) is 0 Å². The van der Waals surface area contributed by atoms with E-state index in [0.717, 1.165) is 16.7 Å². The highest BCUT2D eigenvalue weighted by Crippen LogP contribution is 2.20. The smallest absolute Gasteiger partial charge is 0.269 e. The van der Waals surface area contributed by atoms with Crippen LogP contribution >= 0.6 is 0 Å². The zero-order chi connectivity index (χ0) is 14.1. The van der Waals surface area contributed by atoms with Crippen LogP contribution in [-0.2, 0) is 6.54 Å². The fourth-order valence-corrected chi connectivity index (χ4v) is 2.27. The highest BCUT2D eigenvalue weighted by Gasteiger charge is 2.25. The van der Waals surface area contributed by atoms with Gasteiger partial charge in [-0.1, -0.05) is 42.0 Å². The lowest BCUT2D eigenvalue weighted by Crippen LogP contribution is -2.42. The highest BCUT2D eigenvalue weighted by atomic mass is 16.2. The maximum Gasteiger partial charge on any atom is 0.269 e. The Morgan fingerprint density at radius 3 is 2.55 bits per heavy atom. The number of benzene rings is 2. The van der Waals surface area contributed by atoms with Crippen molar-refractivity contribution in [3.05, 3.63) is 70.8 Å². The average Bonchev–Trinajstić information content (AvgIpc) is 2.77. The zero-order valence-corrected chi connectivity index (χ0v) is 11.2. The van der Waals surface area contributed by atoms with Gasteiger partial charge in [0, 0.05) is 11.1 Å². The van der Waals surface area contributed by atoms with Crippen molar-refractivity contribution in [3.8, 4) is 0 Å². The summed E-state index contributed by atoms with van der Waals surface area (Å²) in [5.74, 6) is 0.142.